The lowest BCUT2D eigenvalue weighted by Gasteiger charge is -2.07. The first-order chi connectivity index (χ1) is 7.75. The zero-order valence-corrected chi connectivity index (χ0v) is 9.30. The third-order valence-corrected chi connectivity index (χ3v) is 3.07. The minimum Gasteiger partial charge on any atom is -0.384 e. The first kappa shape index (κ1) is 9.45. The minimum absolute atomic E-state index is 0.649. The molecule has 0 atom stereocenters. The molecule has 2 aromatic rings. The summed E-state index contributed by atoms with van der Waals surface area (Å²) in [7, 11) is 0. The number of nitrogens with zero attached hydrogens (tertiary/aromatic N) is 4. The standard InChI is InChI=1S/C11H15N5/c1-8-4-14-16(11(8)12)6-10-5-13-7-15(10)9-2-3-9/h4-5,7,9H,2-3,6,12H2,1H3. The maximum atomic E-state index is 5.93. The minimum atomic E-state index is 0.649. The second-order valence-electron chi connectivity index (χ2n) is 4.39. The Bertz CT molecular complexity index is 506. The van der Waals surface area contributed by atoms with Gasteiger partial charge in [0.15, 0.2) is 0 Å². The number of hydrogen-bond donors (Lipinski definition) is 1. The second-order valence-corrected chi connectivity index (χ2v) is 4.39. The van der Waals surface area contributed by atoms with Crippen molar-refractivity contribution in [2.75, 3.05) is 5.73 Å². The molecule has 5 nitrogen and oxygen atoms in total. The fourth-order valence-electron chi connectivity index (χ4n) is 1.90. The van der Waals surface area contributed by atoms with Crippen LogP contribution in [0.4, 0.5) is 5.82 Å². The van der Waals surface area contributed by atoms with Crippen LogP contribution in [0.15, 0.2) is 18.7 Å². The molecule has 2 N–H and O–H groups in total. The largest absolute Gasteiger partial charge is 0.384 e. The first-order valence-electron chi connectivity index (χ1n) is 5.54. The van der Waals surface area contributed by atoms with E-state index in [0.29, 0.717) is 12.6 Å². The van der Waals surface area contributed by atoms with Crippen LogP contribution in [0.2, 0.25) is 0 Å². The fourth-order valence-corrected chi connectivity index (χ4v) is 1.90. The van der Waals surface area contributed by atoms with Crippen molar-refractivity contribution in [1.29, 1.82) is 0 Å². The SMILES string of the molecule is Cc1cnn(Cc2cncn2C2CC2)c1N. The highest BCUT2D eigenvalue weighted by Gasteiger charge is 2.25. The van der Waals surface area contributed by atoms with Crippen molar-refractivity contribution in [3.8, 4) is 0 Å². The van der Waals surface area contributed by atoms with E-state index in [0.717, 1.165) is 11.4 Å². The Kier molecular flexibility index (Phi) is 1.99. The molecule has 0 unspecified atom stereocenters. The van der Waals surface area contributed by atoms with Crippen molar-refractivity contribution in [1.82, 2.24) is 19.3 Å². The monoisotopic (exact) mass is 217 g/mol. The highest BCUT2D eigenvalue weighted by atomic mass is 15.3. The van der Waals surface area contributed by atoms with E-state index in [1.165, 1.54) is 18.5 Å². The molecular weight excluding hydrogens is 202 g/mol. The van der Waals surface area contributed by atoms with E-state index in [-0.39, 0.29) is 0 Å². The summed E-state index contributed by atoms with van der Waals surface area (Å²) < 4.78 is 4.06. The van der Waals surface area contributed by atoms with E-state index in [4.69, 9.17) is 5.73 Å². The van der Waals surface area contributed by atoms with Gasteiger partial charge in [-0.1, -0.05) is 0 Å². The van der Waals surface area contributed by atoms with Crippen LogP contribution in [0.3, 0.4) is 0 Å². The summed E-state index contributed by atoms with van der Waals surface area (Å²) in [6.07, 6.45) is 8.12. The summed E-state index contributed by atoms with van der Waals surface area (Å²) >= 11 is 0. The summed E-state index contributed by atoms with van der Waals surface area (Å²) in [4.78, 5) is 4.20. The van der Waals surface area contributed by atoms with E-state index in [9.17, 15) is 0 Å². The van der Waals surface area contributed by atoms with Gasteiger partial charge >= 0.3 is 0 Å². The number of nitrogen functional groups attached to an aromatic ring is 1. The van der Waals surface area contributed by atoms with Crippen LogP contribution in [-0.2, 0) is 6.54 Å². The Morgan fingerprint density at radius 3 is 2.88 bits per heavy atom. The number of imidazole rings is 1. The molecule has 2 heterocycles. The fraction of sp³-hybridized carbons (Fsp3) is 0.455. The number of hydrogen-bond acceptors (Lipinski definition) is 3. The molecule has 3 rings (SSSR count). The number of anilines is 1. The lowest BCUT2D eigenvalue weighted by Crippen LogP contribution is -2.10. The van der Waals surface area contributed by atoms with E-state index in [1.54, 1.807) is 6.20 Å². The zero-order chi connectivity index (χ0) is 11.1. The average molecular weight is 217 g/mol. The van der Waals surface area contributed by atoms with Gasteiger partial charge in [0.1, 0.15) is 5.82 Å². The summed E-state index contributed by atoms with van der Waals surface area (Å²) in [6, 6.07) is 0.649. The molecule has 16 heavy (non-hydrogen) atoms. The molecule has 0 aliphatic heterocycles. The van der Waals surface area contributed by atoms with Crippen molar-refractivity contribution in [3.63, 3.8) is 0 Å². The van der Waals surface area contributed by atoms with Gasteiger partial charge in [-0.3, -0.25) is 0 Å². The van der Waals surface area contributed by atoms with Gasteiger partial charge in [0.05, 0.1) is 31.0 Å². The molecule has 0 radical (unpaired) electrons. The van der Waals surface area contributed by atoms with Crippen LogP contribution < -0.4 is 5.73 Å². The average Bonchev–Trinajstić information content (AvgIpc) is 2.95. The van der Waals surface area contributed by atoms with Gasteiger partial charge in [-0.05, 0) is 19.8 Å². The number of nitrogens with two attached hydrogens (primary N) is 1. The zero-order valence-electron chi connectivity index (χ0n) is 9.30. The normalized spacial score (nSPS) is 15.6. The van der Waals surface area contributed by atoms with Crippen molar-refractivity contribution in [3.05, 3.63) is 30.0 Å². The van der Waals surface area contributed by atoms with E-state index >= 15 is 0 Å². The van der Waals surface area contributed by atoms with Gasteiger partial charge in [-0.2, -0.15) is 5.10 Å². The third kappa shape index (κ3) is 1.48. The van der Waals surface area contributed by atoms with Gasteiger partial charge in [0.2, 0.25) is 0 Å². The van der Waals surface area contributed by atoms with Crippen molar-refractivity contribution in [2.45, 2.75) is 32.4 Å². The van der Waals surface area contributed by atoms with Gasteiger partial charge < -0.3 is 10.3 Å². The Labute approximate surface area is 93.9 Å². The molecule has 1 aliphatic carbocycles. The Hall–Kier alpha value is -1.78. The Balaban J connectivity index is 1.88. The number of rotatable bonds is 3. The highest BCUT2D eigenvalue weighted by Crippen LogP contribution is 2.35. The van der Waals surface area contributed by atoms with E-state index in [1.807, 2.05) is 24.1 Å². The summed E-state index contributed by atoms with van der Waals surface area (Å²) in [6.45, 7) is 2.67. The first-order valence-corrected chi connectivity index (χ1v) is 5.54. The van der Waals surface area contributed by atoms with Crippen LogP contribution in [-0.4, -0.2) is 19.3 Å². The molecule has 2 aromatic heterocycles. The van der Waals surface area contributed by atoms with Crippen molar-refractivity contribution < 1.29 is 0 Å². The molecule has 1 saturated carbocycles. The van der Waals surface area contributed by atoms with E-state index < -0.39 is 0 Å². The van der Waals surface area contributed by atoms with E-state index in [2.05, 4.69) is 14.6 Å². The van der Waals surface area contributed by atoms with Gasteiger partial charge in [0, 0.05) is 11.6 Å². The number of aryl methyl sites for hydroxylation is 1. The summed E-state index contributed by atoms with van der Waals surface area (Å²) in [5.41, 5.74) is 8.14. The van der Waals surface area contributed by atoms with Crippen LogP contribution in [0, 0.1) is 6.92 Å². The third-order valence-electron chi connectivity index (χ3n) is 3.07. The summed E-state index contributed by atoms with van der Waals surface area (Å²) in [5.74, 6) is 0.739. The quantitative estimate of drug-likeness (QED) is 0.844. The molecule has 1 aliphatic rings. The van der Waals surface area contributed by atoms with Gasteiger partial charge in [-0.25, -0.2) is 9.67 Å². The highest BCUT2D eigenvalue weighted by molar-refractivity contribution is 5.37. The molecule has 1 fully saturated rings. The molecular formula is C11H15N5. The molecule has 0 spiro atoms. The molecule has 84 valence electrons. The second kappa shape index (κ2) is 3.37. The lowest BCUT2D eigenvalue weighted by molar-refractivity contribution is 0.621. The maximum Gasteiger partial charge on any atom is 0.125 e. The van der Waals surface area contributed by atoms with Crippen molar-refractivity contribution in [2.24, 2.45) is 0 Å². The predicted octanol–water partition coefficient (Wildman–Crippen LogP) is 1.35. The molecule has 0 saturated heterocycles. The van der Waals surface area contributed by atoms with Gasteiger partial charge in [0.25, 0.3) is 0 Å². The van der Waals surface area contributed by atoms with Crippen LogP contribution in [0.25, 0.3) is 0 Å². The van der Waals surface area contributed by atoms with Crippen LogP contribution in [0.1, 0.15) is 30.1 Å². The predicted molar refractivity (Wildman–Crippen MR) is 61.0 cm³/mol. The molecule has 0 amide bonds. The number of aromatic nitrogens is 4. The molecule has 0 bridgehead atoms. The lowest BCUT2D eigenvalue weighted by atomic mass is 10.4. The van der Waals surface area contributed by atoms with Crippen LogP contribution >= 0.6 is 0 Å². The molecule has 0 aromatic carbocycles. The Morgan fingerprint density at radius 2 is 2.25 bits per heavy atom. The smallest absolute Gasteiger partial charge is 0.125 e. The van der Waals surface area contributed by atoms with Crippen molar-refractivity contribution >= 4 is 5.82 Å². The molecule has 5 heteroatoms. The summed E-state index contributed by atoms with van der Waals surface area (Å²) in [5, 5.41) is 4.26. The maximum absolute atomic E-state index is 5.93. The van der Waals surface area contributed by atoms with Crippen LogP contribution in [0.5, 0.6) is 0 Å². The Morgan fingerprint density at radius 1 is 1.44 bits per heavy atom. The topological polar surface area (TPSA) is 61.7 Å². The van der Waals surface area contributed by atoms with Gasteiger partial charge in [-0.15, -0.1) is 0 Å².